The maximum absolute atomic E-state index is 12.7. The number of amides is 1. The van der Waals surface area contributed by atoms with Gasteiger partial charge in [-0.3, -0.25) is 10.2 Å². The molecule has 0 unspecified atom stereocenters. The number of hydrogen-bond donors (Lipinski definition) is 3. The monoisotopic (exact) mass is 417 g/mol. The number of nitrogens with zero attached hydrogens (tertiary/aromatic N) is 2. The first-order chi connectivity index (χ1) is 14.2. The summed E-state index contributed by atoms with van der Waals surface area (Å²) >= 11 is 0. The number of likely N-dealkylation sites (tertiary alicyclic amines) is 1. The zero-order valence-corrected chi connectivity index (χ0v) is 16.2. The molecule has 2 heterocycles. The number of nitrogens with one attached hydrogen (secondary N) is 2. The molecule has 0 spiro atoms. The lowest BCUT2D eigenvalue weighted by Gasteiger charge is -2.42. The third kappa shape index (κ3) is 3.92. The van der Waals surface area contributed by atoms with Gasteiger partial charge >= 0.3 is 6.18 Å². The van der Waals surface area contributed by atoms with E-state index in [0.29, 0.717) is 38.3 Å². The predicted octanol–water partition coefficient (Wildman–Crippen LogP) is 3.16. The Morgan fingerprint density at radius 1 is 1.10 bits per heavy atom. The maximum Gasteiger partial charge on any atom is 0.416 e. The lowest BCUT2D eigenvalue weighted by atomic mass is 9.94. The van der Waals surface area contributed by atoms with Gasteiger partial charge in [0.1, 0.15) is 0 Å². The Hall–Kier alpha value is -3.23. The number of rotatable bonds is 3. The predicted molar refractivity (Wildman–Crippen MR) is 107 cm³/mol. The third-order valence-electron chi connectivity index (χ3n) is 5.64. The number of carbonyl (C=O) groups is 1. The summed E-state index contributed by atoms with van der Waals surface area (Å²) in [6.07, 6.45) is -3.70. The number of benzene rings is 2. The van der Waals surface area contributed by atoms with Crippen molar-refractivity contribution in [3.63, 3.8) is 0 Å². The molecule has 2 aromatic rings. The highest BCUT2D eigenvalue weighted by atomic mass is 19.4. The van der Waals surface area contributed by atoms with Crippen molar-refractivity contribution in [1.82, 2.24) is 9.80 Å². The van der Waals surface area contributed by atoms with Gasteiger partial charge in [0.05, 0.1) is 11.5 Å². The zero-order chi connectivity index (χ0) is 21.5. The first-order valence-electron chi connectivity index (χ1n) is 9.65. The van der Waals surface area contributed by atoms with Crippen molar-refractivity contribution in [3.05, 3.63) is 59.2 Å². The second kappa shape index (κ2) is 7.55. The van der Waals surface area contributed by atoms with Gasteiger partial charge in [0.15, 0.2) is 5.96 Å². The second-order valence-corrected chi connectivity index (χ2v) is 7.64. The van der Waals surface area contributed by atoms with E-state index in [9.17, 15) is 18.0 Å². The first kappa shape index (κ1) is 20.1. The van der Waals surface area contributed by atoms with E-state index >= 15 is 0 Å². The van der Waals surface area contributed by atoms with E-state index in [-0.39, 0.29) is 17.8 Å². The largest absolute Gasteiger partial charge is 0.416 e. The van der Waals surface area contributed by atoms with Crippen molar-refractivity contribution in [1.29, 1.82) is 5.41 Å². The van der Waals surface area contributed by atoms with Crippen molar-refractivity contribution >= 4 is 23.2 Å². The smallest absolute Gasteiger partial charge is 0.370 e. The molecule has 1 fully saturated rings. The molecule has 2 aliphatic heterocycles. The Morgan fingerprint density at radius 3 is 2.43 bits per heavy atom. The number of alkyl halides is 3. The molecular formula is C21H22F3N5O. The number of guanidine groups is 1. The molecule has 1 amide bonds. The fourth-order valence-corrected chi connectivity index (χ4v) is 3.90. The van der Waals surface area contributed by atoms with Crippen molar-refractivity contribution in [2.24, 2.45) is 11.7 Å². The number of anilines is 2. The topological polar surface area (TPSA) is 85.5 Å². The van der Waals surface area contributed by atoms with Gasteiger partial charge in [-0.25, -0.2) is 0 Å². The zero-order valence-electron chi connectivity index (χ0n) is 16.2. The molecule has 30 heavy (non-hydrogen) atoms. The van der Waals surface area contributed by atoms with Crippen LogP contribution >= 0.6 is 0 Å². The van der Waals surface area contributed by atoms with Crippen LogP contribution in [0.2, 0.25) is 0 Å². The Bertz CT molecular complexity index is 968. The molecule has 0 bridgehead atoms. The number of nitrogens with two attached hydrogens (primary N) is 1. The molecular weight excluding hydrogens is 395 g/mol. The van der Waals surface area contributed by atoms with Gasteiger partial charge in [-0.1, -0.05) is 12.1 Å². The van der Waals surface area contributed by atoms with E-state index < -0.39 is 11.7 Å². The highest BCUT2D eigenvalue weighted by Crippen LogP contribution is 2.32. The third-order valence-corrected chi connectivity index (χ3v) is 5.64. The summed E-state index contributed by atoms with van der Waals surface area (Å²) in [6.45, 7) is 2.03. The van der Waals surface area contributed by atoms with Gasteiger partial charge in [0.2, 0.25) is 5.91 Å². The number of hydrogen-bond acceptors (Lipinski definition) is 3. The van der Waals surface area contributed by atoms with Gasteiger partial charge in [-0.05, 0) is 47.9 Å². The van der Waals surface area contributed by atoms with Crippen LogP contribution in [0.1, 0.15) is 16.7 Å². The highest BCUT2D eigenvalue weighted by Gasteiger charge is 2.37. The lowest BCUT2D eigenvalue weighted by molar-refractivity contribution is -0.140. The van der Waals surface area contributed by atoms with Crippen molar-refractivity contribution in [2.45, 2.75) is 19.1 Å². The molecule has 0 aromatic heterocycles. The first-order valence-corrected chi connectivity index (χ1v) is 9.65. The number of fused-ring (bicyclic) bond motifs is 1. The van der Waals surface area contributed by atoms with Gasteiger partial charge in [-0.15, -0.1) is 0 Å². The fraction of sp³-hybridized carbons (Fsp3) is 0.333. The van der Waals surface area contributed by atoms with Crippen LogP contribution in [-0.4, -0.2) is 41.3 Å². The molecule has 6 nitrogen and oxygen atoms in total. The molecule has 158 valence electrons. The molecule has 2 aromatic carbocycles. The summed E-state index contributed by atoms with van der Waals surface area (Å²) < 4.78 is 38.2. The minimum atomic E-state index is -4.36. The van der Waals surface area contributed by atoms with E-state index in [4.69, 9.17) is 11.1 Å². The van der Waals surface area contributed by atoms with Gasteiger partial charge in [0.25, 0.3) is 0 Å². The summed E-state index contributed by atoms with van der Waals surface area (Å²) in [5.74, 6) is -0.0785. The Kier molecular flexibility index (Phi) is 5.05. The summed E-state index contributed by atoms with van der Waals surface area (Å²) in [5.41, 5.74) is 8.26. The van der Waals surface area contributed by atoms with Crippen LogP contribution in [0.3, 0.4) is 0 Å². The van der Waals surface area contributed by atoms with E-state index in [0.717, 1.165) is 28.9 Å². The summed E-state index contributed by atoms with van der Waals surface area (Å²) in [7, 11) is 0. The minimum Gasteiger partial charge on any atom is -0.370 e. The van der Waals surface area contributed by atoms with Crippen molar-refractivity contribution in [2.75, 3.05) is 25.0 Å². The minimum absolute atomic E-state index is 0.0120. The van der Waals surface area contributed by atoms with Crippen LogP contribution < -0.4 is 11.1 Å². The molecule has 4 rings (SSSR count). The molecule has 1 saturated heterocycles. The lowest BCUT2D eigenvalue weighted by Crippen LogP contribution is -2.58. The molecule has 0 radical (unpaired) electrons. The van der Waals surface area contributed by atoms with E-state index in [1.807, 2.05) is 23.1 Å². The van der Waals surface area contributed by atoms with Gasteiger partial charge in [-0.2, -0.15) is 13.2 Å². The Morgan fingerprint density at radius 2 is 1.80 bits per heavy atom. The summed E-state index contributed by atoms with van der Waals surface area (Å²) in [4.78, 5) is 16.2. The number of halogens is 3. The standard InChI is InChI=1S/C21H22F3N5O/c22-21(23,24)15-4-6-16(7-5-15)27-18-3-1-2-13-10-28(9-8-17(13)18)19(30)14-11-29(12-14)20(25)26/h1-7,14,27H,8-12H2,(H3,25,26). The Balaban J connectivity index is 1.44. The van der Waals surface area contributed by atoms with Crippen LogP contribution in [0.5, 0.6) is 0 Å². The van der Waals surface area contributed by atoms with Crippen molar-refractivity contribution < 1.29 is 18.0 Å². The van der Waals surface area contributed by atoms with Crippen LogP contribution in [0.25, 0.3) is 0 Å². The van der Waals surface area contributed by atoms with E-state index in [1.165, 1.54) is 12.1 Å². The summed E-state index contributed by atoms with van der Waals surface area (Å²) in [5, 5.41) is 10.6. The molecule has 2 aliphatic rings. The normalized spacial score (nSPS) is 16.6. The van der Waals surface area contributed by atoms with Crippen LogP contribution in [-0.2, 0) is 23.9 Å². The van der Waals surface area contributed by atoms with Gasteiger partial charge < -0.3 is 20.9 Å². The molecule has 0 aliphatic carbocycles. The Labute approximate surface area is 172 Å². The average Bonchev–Trinajstić information content (AvgIpc) is 2.66. The summed E-state index contributed by atoms with van der Waals surface area (Å²) in [6, 6.07) is 10.7. The number of carbonyl (C=O) groups excluding carboxylic acids is 1. The molecule has 4 N–H and O–H groups in total. The van der Waals surface area contributed by atoms with Crippen molar-refractivity contribution in [3.8, 4) is 0 Å². The van der Waals surface area contributed by atoms with Crippen LogP contribution in [0, 0.1) is 11.3 Å². The van der Waals surface area contributed by atoms with Crippen LogP contribution in [0.4, 0.5) is 24.5 Å². The maximum atomic E-state index is 12.7. The molecule has 0 atom stereocenters. The van der Waals surface area contributed by atoms with Crippen LogP contribution in [0.15, 0.2) is 42.5 Å². The SMILES string of the molecule is N=C(N)N1CC(C(=O)N2CCc3c(cccc3Nc3ccc(C(F)(F)F)cc3)C2)C1. The quantitative estimate of drug-likeness (QED) is 0.529. The molecule has 9 heteroatoms. The molecule has 0 saturated carbocycles. The second-order valence-electron chi connectivity index (χ2n) is 7.64. The average molecular weight is 417 g/mol. The highest BCUT2D eigenvalue weighted by molar-refractivity contribution is 5.84. The van der Waals surface area contributed by atoms with Gasteiger partial charge in [0, 0.05) is 37.6 Å². The van der Waals surface area contributed by atoms with E-state index in [2.05, 4.69) is 5.32 Å². The fourth-order valence-electron chi connectivity index (χ4n) is 3.90. The van der Waals surface area contributed by atoms with E-state index in [1.54, 1.807) is 4.90 Å².